The minimum Gasteiger partial charge on any atom is -0.454 e. The fourth-order valence-corrected chi connectivity index (χ4v) is 2.10. The van der Waals surface area contributed by atoms with Crippen molar-refractivity contribution in [3.63, 3.8) is 0 Å². The zero-order valence-corrected chi connectivity index (χ0v) is 10.6. The molecular formula is C12H15ClN2O3. The SMILES string of the molecule is Cl.O=C(Nc1ccc2c(c1)OCO2)C1CCNC1. The summed E-state index contributed by atoms with van der Waals surface area (Å²) in [5, 5.41) is 6.07. The number of amides is 1. The molecule has 0 saturated carbocycles. The van der Waals surface area contributed by atoms with Gasteiger partial charge in [-0.05, 0) is 25.1 Å². The number of hydrogen-bond acceptors (Lipinski definition) is 4. The second-order valence-corrected chi connectivity index (χ2v) is 4.25. The van der Waals surface area contributed by atoms with Crippen molar-refractivity contribution in [2.75, 3.05) is 25.2 Å². The topological polar surface area (TPSA) is 59.6 Å². The van der Waals surface area contributed by atoms with Crippen molar-refractivity contribution in [2.24, 2.45) is 5.92 Å². The normalized spacial score (nSPS) is 20.3. The van der Waals surface area contributed by atoms with Crippen LogP contribution < -0.4 is 20.1 Å². The van der Waals surface area contributed by atoms with Crippen LogP contribution in [-0.4, -0.2) is 25.8 Å². The molecule has 6 heteroatoms. The Kier molecular flexibility index (Phi) is 3.93. The van der Waals surface area contributed by atoms with Crippen LogP contribution in [0, 0.1) is 5.92 Å². The molecule has 0 bridgehead atoms. The van der Waals surface area contributed by atoms with E-state index in [2.05, 4.69) is 10.6 Å². The van der Waals surface area contributed by atoms with Crippen LogP contribution in [-0.2, 0) is 4.79 Å². The van der Waals surface area contributed by atoms with Crippen LogP contribution in [0.2, 0.25) is 0 Å². The molecule has 5 nitrogen and oxygen atoms in total. The standard InChI is InChI=1S/C12H14N2O3.ClH/c15-12(8-3-4-13-6-8)14-9-1-2-10-11(5-9)17-7-16-10;/h1-2,5,8,13H,3-4,6-7H2,(H,14,15);1H. The summed E-state index contributed by atoms with van der Waals surface area (Å²) in [6.45, 7) is 1.93. The van der Waals surface area contributed by atoms with Crippen LogP contribution in [0.25, 0.3) is 0 Å². The molecule has 1 aromatic rings. The predicted octanol–water partition coefficient (Wildman–Crippen LogP) is 1.39. The summed E-state index contributed by atoms with van der Waals surface area (Å²) in [5.74, 6) is 1.55. The monoisotopic (exact) mass is 270 g/mol. The zero-order valence-electron chi connectivity index (χ0n) is 9.77. The second-order valence-electron chi connectivity index (χ2n) is 4.25. The Hall–Kier alpha value is -1.46. The predicted molar refractivity (Wildman–Crippen MR) is 69.4 cm³/mol. The van der Waals surface area contributed by atoms with Crippen LogP contribution >= 0.6 is 12.4 Å². The van der Waals surface area contributed by atoms with Gasteiger partial charge in [0.05, 0.1) is 5.92 Å². The minimum absolute atomic E-state index is 0. The van der Waals surface area contributed by atoms with Crippen molar-refractivity contribution < 1.29 is 14.3 Å². The highest BCUT2D eigenvalue weighted by atomic mass is 35.5. The Morgan fingerprint density at radius 2 is 2.17 bits per heavy atom. The van der Waals surface area contributed by atoms with Crippen molar-refractivity contribution in [3.8, 4) is 11.5 Å². The fraction of sp³-hybridized carbons (Fsp3) is 0.417. The summed E-state index contributed by atoms with van der Waals surface area (Å²) in [5.41, 5.74) is 0.756. The molecule has 0 radical (unpaired) electrons. The van der Waals surface area contributed by atoms with E-state index in [1.807, 2.05) is 12.1 Å². The Morgan fingerprint density at radius 3 is 2.94 bits per heavy atom. The molecule has 2 aliphatic rings. The third-order valence-electron chi connectivity index (χ3n) is 3.07. The summed E-state index contributed by atoms with van der Waals surface area (Å²) >= 11 is 0. The van der Waals surface area contributed by atoms with E-state index in [-0.39, 0.29) is 31.0 Å². The molecule has 1 aromatic carbocycles. The number of halogens is 1. The zero-order chi connectivity index (χ0) is 11.7. The van der Waals surface area contributed by atoms with Gasteiger partial charge in [-0.2, -0.15) is 0 Å². The van der Waals surface area contributed by atoms with E-state index in [4.69, 9.17) is 9.47 Å². The highest BCUT2D eigenvalue weighted by molar-refractivity contribution is 5.93. The number of ether oxygens (including phenoxy) is 2. The second kappa shape index (κ2) is 5.46. The average molecular weight is 271 g/mol. The molecule has 2 aliphatic heterocycles. The summed E-state index contributed by atoms with van der Waals surface area (Å²) in [7, 11) is 0. The molecule has 98 valence electrons. The molecule has 3 rings (SSSR count). The molecule has 1 atom stereocenters. The molecule has 2 N–H and O–H groups in total. The lowest BCUT2D eigenvalue weighted by Gasteiger charge is -2.10. The molecule has 0 spiro atoms. The van der Waals surface area contributed by atoms with Gasteiger partial charge in [0.2, 0.25) is 12.7 Å². The number of hydrogen-bond donors (Lipinski definition) is 2. The first kappa shape index (κ1) is 13.0. The van der Waals surface area contributed by atoms with Gasteiger partial charge in [-0.15, -0.1) is 12.4 Å². The largest absolute Gasteiger partial charge is 0.454 e. The Balaban J connectivity index is 0.00000120. The van der Waals surface area contributed by atoms with Crippen LogP contribution in [0.4, 0.5) is 5.69 Å². The number of fused-ring (bicyclic) bond motifs is 1. The highest BCUT2D eigenvalue weighted by Gasteiger charge is 2.23. The maximum atomic E-state index is 11.9. The lowest BCUT2D eigenvalue weighted by atomic mass is 10.1. The van der Waals surface area contributed by atoms with Gasteiger partial charge in [-0.1, -0.05) is 0 Å². The summed E-state index contributed by atoms with van der Waals surface area (Å²) in [6, 6.07) is 5.43. The van der Waals surface area contributed by atoms with Gasteiger partial charge in [0.25, 0.3) is 0 Å². The van der Waals surface area contributed by atoms with E-state index in [0.717, 1.165) is 30.9 Å². The van der Waals surface area contributed by atoms with E-state index < -0.39 is 0 Å². The van der Waals surface area contributed by atoms with Crippen molar-refractivity contribution in [2.45, 2.75) is 6.42 Å². The van der Waals surface area contributed by atoms with Crippen molar-refractivity contribution >= 4 is 24.0 Å². The maximum absolute atomic E-state index is 11.9. The first-order chi connectivity index (χ1) is 8.33. The number of carbonyl (C=O) groups is 1. The quantitative estimate of drug-likeness (QED) is 0.853. The van der Waals surface area contributed by atoms with E-state index in [0.29, 0.717) is 5.75 Å². The number of rotatable bonds is 2. The van der Waals surface area contributed by atoms with E-state index in [1.165, 1.54) is 0 Å². The van der Waals surface area contributed by atoms with Crippen LogP contribution in [0.15, 0.2) is 18.2 Å². The van der Waals surface area contributed by atoms with Crippen molar-refractivity contribution in [3.05, 3.63) is 18.2 Å². The van der Waals surface area contributed by atoms with Crippen LogP contribution in [0.3, 0.4) is 0 Å². The minimum atomic E-state index is 0. The average Bonchev–Trinajstić information content (AvgIpc) is 2.99. The van der Waals surface area contributed by atoms with Gasteiger partial charge in [0, 0.05) is 18.3 Å². The molecule has 1 unspecified atom stereocenters. The van der Waals surface area contributed by atoms with Gasteiger partial charge in [-0.25, -0.2) is 0 Å². The fourth-order valence-electron chi connectivity index (χ4n) is 2.10. The molecule has 0 aliphatic carbocycles. The van der Waals surface area contributed by atoms with Crippen LogP contribution in [0.1, 0.15) is 6.42 Å². The van der Waals surface area contributed by atoms with E-state index in [9.17, 15) is 4.79 Å². The van der Waals surface area contributed by atoms with Gasteiger partial charge >= 0.3 is 0 Å². The molecule has 1 amide bonds. The third-order valence-corrected chi connectivity index (χ3v) is 3.07. The number of nitrogens with one attached hydrogen (secondary N) is 2. The van der Waals surface area contributed by atoms with Crippen molar-refractivity contribution in [1.29, 1.82) is 0 Å². The maximum Gasteiger partial charge on any atom is 0.231 e. The van der Waals surface area contributed by atoms with Gasteiger partial charge < -0.3 is 20.1 Å². The summed E-state index contributed by atoms with van der Waals surface area (Å²) in [6.07, 6.45) is 0.899. The molecule has 1 fully saturated rings. The molecule has 2 heterocycles. The Morgan fingerprint density at radius 1 is 1.33 bits per heavy atom. The van der Waals surface area contributed by atoms with E-state index in [1.54, 1.807) is 6.07 Å². The molecule has 1 saturated heterocycles. The first-order valence-corrected chi connectivity index (χ1v) is 5.74. The summed E-state index contributed by atoms with van der Waals surface area (Å²) in [4.78, 5) is 11.9. The number of carbonyl (C=O) groups excluding carboxylic acids is 1. The lowest BCUT2D eigenvalue weighted by Crippen LogP contribution is -2.24. The third kappa shape index (κ3) is 2.52. The highest BCUT2D eigenvalue weighted by Crippen LogP contribution is 2.34. The first-order valence-electron chi connectivity index (χ1n) is 5.74. The Labute approximate surface area is 111 Å². The van der Waals surface area contributed by atoms with Crippen molar-refractivity contribution in [1.82, 2.24) is 5.32 Å². The summed E-state index contributed by atoms with van der Waals surface area (Å²) < 4.78 is 10.5. The smallest absolute Gasteiger partial charge is 0.231 e. The van der Waals surface area contributed by atoms with Gasteiger partial charge in [0.1, 0.15) is 0 Å². The Bertz CT molecular complexity index is 447. The molecule has 18 heavy (non-hydrogen) atoms. The molecular weight excluding hydrogens is 256 g/mol. The van der Waals surface area contributed by atoms with Crippen LogP contribution in [0.5, 0.6) is 11.5 Å². The van der Waals surface area contributed by atoms with Gasteiger partial charge in [0.15, 0.2) is 11.5 Å². The number of benzene rings is 1. The number of anilines is 1. The lowest BCUT2D eigenvalue weighted by molar-refractivity contribution is -0.119. The van der Waals surface area contributed by atoms with E-state index >= 15 is 0 Å². The molecule has 0 aromatic heterocycles. The van der Waals surface area contributed by atoms with Gasteiger partial charge in [-0.3, -0.25) is 4.79 Å².